The number of carbonyl (C=O) groups excluding carboxylic acids is 1. The van der Waals surface area contributed by atoms with Crippen molar-refractivity contribution in [2.75, 3.05) is 19.8 Å². The summed E-state index contributed by atoms with van der Waals surface area (Å²) in [7, 11) is 0. The summed E-state index contributed by atoms with van der Waals surface area (Å²) < 4.78 is 71.5. The smallest absolute Gasteiger partial charge is 0.217 e. The van der Waals surface area contributed by atoms with Gasteiger partial charge in [-0.1, -0.05) is 6.92 Å². The standard InChI is InChI=1S/C41H71NO27/c1-7-8-58-40-34(27(54)20(47)12(3)61-40)68-41-35(33(22(49)14(5)62-41)67-38-29(56)26(53)23(50)16(9-43)64-38)69-36-18(42-15(6)45)31(24(51)17(10-44)63-36)65-39-30(57)32(21(48)13(4)60-39)66-37-28(55)25(52)19(46)11(2)59-37/h11-14,16-41,43-44,46-57H,7-10H2,1-6H3,(H,42,45)/t11-,12-,13-,14-,16+,17+,18+,19-,20-,21-,22-,23+,24+,25+,26-,27+,28+,29+,30+,31+,32+,33+,34+,35+,36-,37-,38+,39-,40+,41-/m0/s1. The van der Waals surface area contributed by atoms with E-state index >= 15 is 0 Å². The van der Waals surface area contributed by atoms with Crippen LogP contribution in [0.25, 0.3) is 0 Å². The minimum absolute atomic E-state index is 0.0941. The molecule has 6 aliphatic heterocycles. The molecule has 402 valence electrons. The minimum Gasteiger partial charge on any atom is -0.394 e. The highest BCUT2D eigenvalue weighted by atomic mass is 16.8. The molecule has 6 saturated heterocycles. The molecule has 0 aromatic heterocycles. The lowest BCUT2D eigenvalue weighted by Gasteiger charge is -2.51. The zero-order valence-corrected chi connectivity index (χ0v) is 38.7. The van der Waals surface area contributed by atoms with Gasteiger partial charge < -0.3 is 134 Å². The van der Waals surface area contributed by atoms with Crippen LogP contribution in [0.3, 0.4) is 0 Å². The third-order valence-corrected chi connectivity index (χ3v) is 13.1. The molecule has 30 atom stereocenters. The number of nitrogens with one attached hydrogen (secondary N) is 1. The molecule has 28 heteroatoms. The van der Waals surface area contributed by atoms with Crippen LogP contribution in [-0.2, 0) is 61.6 Å². The van der Waals surface area contributed by atoms with Crippen molar-refractivity contribution in [2.45, 2.75) is 232 Å². The van der Waals surface area contributed by atoms with Gasteiger partial charge in [-0.25, -0.2) is 0 Å². The van der Waals surface area contributed by atoms with Gasteiger partial charge in [-0.15, -0.1) is 0 Å². The van der Waals surface area contributed by atoms with E-state index in [2.05, 4.69) is 5.32 Å². The van der Waals surface area contributed by atoms with E-state index in [-0.39, 0.29) is 6.61 Å². The molecule has 28 nitrogen and oxygen atoms in total. The summed E-state index contributed by atoms with van der Waals surface area (Å²) in [6.45, 7) is 6.70. The largest absolute Gasteiger partial charge is 0.394 e. The number of aliphatic hydroxyl groups excluding tert-OH is 14. The molecule has 0 bridgehead atoms. The van der Waals surface area contributed by atoms with E-state index in [9.17, 15) is 76.3 Å². The summed E-state index contributed by atoms with van der Waals surface area (Å²) in [5.74, 6) is -0.800. The summed E-state index contributed by atoms with van der Waals surface area (Å²) in [4.78, 5) is 13.0. The fraction of sp³-hybridized carbons (Fsp3) is 0.976. The van der Waals surface area contributed by atoms with Crippen molar-refractivity contribution in [3.05, 3.63) is 0 Å². The van der Waals surface area contributed by atoms with Gasteiger partial charge in [-0.05, 0) is 34.1 Å². The zero-order valence-electron chi connectivity index (χ0n) is 38.7. The predicted molar refractivity (Wildman–Crippen MR) is 219 cm³/mol. The Morgan fingerprint density at radius 2 is 0.841 bits per heavy atom. The average Bonchev–Trinajstić information content (AvgIpc) is 3.31. The van der Waals surface area contributed by atoms with Gasteiger partial charge in [0.15, 0.2) is 37.7 Å². The fourth-order valence-electron chi connectivity index (χ4n) is 8.99. The van der Waals surface area contributed by atoms with Crippen molar-refractivity contribution < 1.29 is 133 Å². The molecule has 6 rings (SSSR count). The van der Waals surface area contributed by atoms with Crippen LogP contribution < -0.4 is 5.32 Å². The SMILES string of the molecule is CCCO[C@@H]1O[C@@H](C)[C@H](O)[C@@H](O)[C@H]1O[C@@H]1O[C@@H](C)[C@H](O)[C@@H](O[C@H]2O[C@H](CO)[C@@H](O)[C@H](O)[C@H]2O)[C@H]1O[C@@H]1O[C@H](CO)[C@@H](O)[C@H](O[C@@H]2O[C@@H](C)[C@H](O)[C@@H](O[C@@H]3O[C@@H](C)[C@H](O)[C@@H](O)[C@H]3O)[C@H]2O)[C@H]1NC(C)=O. The Bertz CT molecular complexity index is 1610. The Balaban J connectivity index is 1.35. The first-order valence-electron chi connectivity index (χ1n) is 23.0. The molecule has 1 amide bonds. The second-order valence-electron chi connectivity index (χ2n) is 18.3. The number of carbonyl (C=O) groups is 1. The molecular weight excluding hydrogens is 938 g/mol. The molecule has 0 radical (unpaired) electrons. The van der Waals surface area contributed by atoms with E-state index in [1.54, 1.807) is 6.92 Å². The van der Waals surface area contributed by atoms with Gasteiger partial charge >= 0.3 is 0 Å². The lowest BCUT2D eigenvalue weighted by atomic mass is 9.94. The van der Waals surface area contributed by atoms with E-state index in [0.717, 1.165) is 6.92 Å². The van der Waals surface area contributed by atoms with Gasteiger partial charge in [-0.3, -0.25) is 4.79 Å². The van der Waals surface area contributed by atoms with Crippen molar-refractivity contribution in [1.82, 2.24) is 5.32 Å². The maximum Gasteiger partial charge on any atom is 0.217 e. The third kappa shape index (κ3) is 12.2. The lowest BCUT2D eigenvalue weighted by molar-refractivity contribution is -0.406. The summed E-state index contributed by atoms with van der Waals surface area (Å²) in [6, 6.07) is -1.71. The Morgan fingerprint density at radius 1 is 0.420 bits per heavy atom. The number of rotatable bonds is 16. The van der Waals surface area contributed by atoms with Crippen LogP contribution in [0.4, 0.5) is 0 Å². The summed E-state index contributed by atoms with van der Waals surface area (Å²) in [5, 5.41) is 155. The maximum absolute atomic E-state index is 13.0. The van der Waals surface area contributed by atoms with Crippen molar-refractivity contribution in [2.24, 2.45) is 0 Å². The number of hydrogen-bond donors (Lipinski definition) is 15. The van der Waals surface area contributed by atoms with Crippen molar-refractivity contribution >= 4 is 5.91 Å². The minimum atomic E-state index is -2.03. The Kier molecular flexibility index (Phi) is 19.9. The fourth-order valence-corrected chi connectivity index (χ4v) is 8.99. The van der Waals surface area contributed by atoms with Crippen LogP contribution in [0.15, 0.2) is 0 Å². The summed E-state index contributed by atoms with van der Waals surface area (Å²) >= 11 is 0. The molecule has 6 aliphatic rings. The highest BCUT2D eigenvalue weighted by Crippen LogP contribution is 2.38. The zero-order chi connectivity index (χ0) is 50.9. The third-order valence-electron chi connectivity index (χ3n) is 13.1. The van der Waals surface area contributed by atoms with E-state index in [1.807, 2.05) is 0 Å². The van der Waals surface area contributed by atoms with Gasteiger partial charge in [0, 0.05) is 13.5 Å². The number of amides is 1. The second-order valence-corrected chi connectivity index (χ2v) is 18.3. The molecule has 0 unspecified atom stereocenters. The predicted octanol–water partition coefficient (Wildman–Crippen LogP) is -8.41. The normalized spacial score (nSPS) is 52.1. The van der Waals surface area contributed by atoms with Crippen LogP contribution in [0.1, 0.15) is 48.0 Å². The van der Waals surface area contributed by atoms with E-state index in [0.29, 0.717) is 6.42 Å². The van der Waals surface area contributed by atoms with Crippen LogP contribution in [0.2, 0.25) is 0 Å². The van der Waals surface area contributed by atoms with E-state index < -0.39 is 203 Å². The average molecular weight is 1010 g/mol. The van der Waals surface area contributed by atoms with Gasteiger partial charge in [0.05, 0.1) is 37.6 Å². The molecule has 6 heterocycles. The Hall–Kier alpha value is -1.57. The Labute approximate surface area is 395 Å². The first-order chi connectivity index (χ1) is 32.5. The van der Waals surface area contributed by atoms with Crippen molar-refractivity contribution in [3.8, 4) is 0 Å². The van der Waals surface area contributed by atoms with Crippen molar-refractivity contribution in [3.63, 3.8) is 0 Å². The van der Waals surface area contributed by atoms with E-state index in [4.69, 9.17) is 56.8 Å². The van der Waals surface area contributed by atoms with Crippen LogP contribution in [0, 0.1) is 0 Å². The number of aliphatic hydroxyl groups is 14. The van der Waals surface area contributed by atoms with Crippen molar-refractivity contribution in [1.29, 1.82) is 0 Å². The van der Waals surface area contributed by atoms with Crippen LogP contribution in [0.5, 0.6) is 0 Å². The lowest BCUT2D eigenvalue weighted by Crippen LogP contribution is -2.70. The van der Waals surface area contributed by atoms with Crippen LogP contribution >= 0.6 is 0 Å². The maximum atomic E-state index is 13.0. The Morgan fingerprint density at radius 3 is 1.42 bits per heavy atom. The molecular formula is C41H71NO27. The molecule has 0 saturated carbocycles. The molecule has 0 aromatic carbocycles. The topological polar surface area (TPSA) is 423 Å². The van der Waals surface area contributed by atoms with Gasteiger partial charge in [0.2, 0.25) is 5.91 Å². The molecule has 15 N–H and O–H groups in total. The second kappa shape index (κ2) is 24.2. The summed E-state index contributed by atoms with van der Waals surface area (Å²) in [6.07, 6.45) is -48.3. The highest BCUT2D eigenvalue weighted by Gasteiger charge is 2.58. The highest BCUT2D eigenvalue weighted by molar-refractivity contribution is 5.73. The van der Waals surface area contributed by atoms with Gasteiger partial charge in [0.1, 0.15) is 122 Å². The quantitative estimate of drug-likeness (QED) is 0.0683. The van der Waals surface area contributed by atoms with Crippen LogP contribution in [-0.4, -0.2) is 281 Å². The van der Waals surface area contributed by atoms with E-state index in [1.165, 1.54) is 27.7 Å². The molecule has 0 aromatic rings. The molecule has 0 aliphatic carbocycles. The number of hydrogen-bond acceptors (Lipinski definition) is 27. The first kappa shape index (κ1) is 56.7. The monoisotopic (exact) mass is 1010 g/mol. The summed E-state index contributed by atoms with van der Waals surface area (Å²) in [5.41, 5.74) is 0. The molecule has 6 fully saturated rings. The molecule has 0 spiro atoms. The first-order valence-corrected chi connectivity index (χ1v) is 23.0. The molecule has 69 heavy (non-hydrogen) atoms. The van der Waals surface area contributed by atoms with Gasteiger partial charge in [-0.2, -0.15) is 0 Å². The van der Waals surface area contributed by atoms with Gasteiger partial charge in [0.25, 0.3) is 0 Å². The number of ether oxygens (including phenoxy) is 12.